The van der Waals surface area contributed by atoms with Gasteiger partial charge in [-0.2, -0.15) is 25.1 Å². The highest BCUT2D eigenvalue weighted by molar-refractivity contribution is 6.43. The van der Waals surface area contributed by atoms with E-state index in [1.165, 1.54) is 30.8 Å². The molecule has 1 atom stereocenters. The molecule has 192 valence electrons. The number of guanidine groups is 1. The number of benzene rings is 2. The zero-order valence-corrected chi connectivity index (χ0v) is 21.6. The van der Waals surface area contributed by atoms with Gasteiger partial charge in [0.1, 0.15) is 11.5 Å². The summed E-state index contributed by atoms with van der Waals surface area (Å²) in [4.78, 5) is 51.6. The van der Waals surface area contributed by atoms with Crippen molar-refractivity contribution in [3.63, 3.8) is 0 Å². The number of hydrazone groups is 2. The standard InChI is InChI=1S/C26H28N6O5/c1-16-7-11-21(12-8-16)26(5)31(19(4)35)28-25-30(29(17(2)33)18(3)34)24(36)23(27-32(25)26)15-20-9-13-22(37-6)14-10-20/h7-14H,15H2,1-6H3. The van der Waals surface area contributed by atoms with Crippen LogP contribution in [0.2, 0.25) is 0 Å². The molecular formula is C26H28N6O5. The molecule has 11 nitrogen and oxygen atoms in total. The molecule has 2 aromatic carbocycles. The average molecular weight is 505 g/mol. The van der Waals surface area contributed by atoms with Crippen molar-refractivity contribution in [3.05, 3.63) is 65.2 Å². The largest absolute Gasteiger partial charge is 0.497 e. The average Bonchev–Trinajstić information content (AvgIpc) is 3.15. The Kier molecular flexibility index (Phi) is 6.55. The smallest absolute Gasteiger partial charge is 0.296 e. The van der Waals surface area contributed by atoms with Crippen molar-refractivity contribution in [1.29, 1.82) is 0 Å². The Balaban J connectivity index is 1.91. The first kappa shape index (κ1) is 25.5. The predicted octanol–water partition coefficient (Wildman–Crippen LogP) is 2.36. The minimum atomic E-state index is -1.28. The number of rotatable bonds is 5. The van der Waals surface area contributed by atoms with E-state index in [-0.39, 0.29) is 18.1 Å². The summed E-state index contributed by atoms with van der Waals surface area (Å²) in [6.07, 6.45) is 0.0941. The fourth-order valence-electron chi connectivity index (χ4n) is 4.39. The molecule has 0 aromatic heterocycles. The van der Waals surface area contributed by atoms with Gasteiger partial charge in [0.15, 0.2) is 5.66 Å². The lowest BCUT2D eigenvalue weighted by Crippen LogP contribution is -2.64. The van der Waals surface area contributed by atoms with Crippen LogP contribution >= 0.6 is 0 Å². The summed E-state index contributed by atoms with van der Waals surface area (Å²) in [7, 11) is 1.56. The van der Waals surface area contributed by atoms with E-state index in [1.54, 1.807) is 38.3 Å². The summed E-state index contributed by atoms with van der Waals surface area (Å²) in [5, 5.41) is 13.3. The quantitative estimate of drug-likeness (QED) is 0.618. The third-order valence-electron chi connectivity index (χ3n) is 6.28. The lowest BCUT2D eigenvalue weighted by Gasteiger charge is -2.42. The van der Waals surface area contributed by atoms with Crippen molar-refractivity contribution in [2.24, 2.45) is 10.2 Å². The highest BCUT2D eigenvalue weighted by Gasteiger charge is 2.56. The number of hydrazine groups is 1. The Bertz CT molecular complexity index is 1320. The number of hydrogen-bond donors (Lipinski definition) is 0. The lowest BCUT2D eigenvalue weighted by molar-refractivity contribution is -0.162. The number of fused-ring (bicyclic) bond motifs is 1. The molecular weight excluding hydrogens is 476 g/mol. The number of methoxy groups -OCH3 is 1. The first-order valence-electron chi connectivity index (χ1n) is 11.6. The van der Waals surface area contributed by atoms with Crippen molar-refractivity contribution >= 4 is 35.3 Å². The molecule has 0 aliphatic carbocycles. The Hall–Kier alpha value is -4.54. The maximum Gasteiger partial charge on any atom is 0.296 e. The van der Waals surface area contributed by atoms with E-state index in [4.69, 9.17) is 4.74 Å². The van der Waals surface area contributed by atoms with Crippen LogP contribution in [0.3, 0.4) is 0 Å². The molecule has 4 rings (SSSR count). The van der Waals surface area contributed by atoms with Crippen LogP contribution in [0.25, 0.3) is 0 Å². The second-order valence-electron chi connectivity index (χ2n) is 8.97. The highest BCUT2D eigenvalue weighted by Crippen LogP contribution is 2.41. The molecule has 0 N–H and O–H groups in total. The van der Waals surface area contributed by atoms with E-state index < -0.39 is 29.3 Å². The zero-order chi connectivity index (χ0) is 27.1. The van der Waals surface area contributed by atoms with E-state index in [9.17, 15) is 19.2 Å². The van der Waals surface area contributed by atoms with E-state index in [0.29, 0.717) is 16.3 Å². The second kappa shape index (κ2) is 9.49. The third kappa shape index (κ3) is 4.32. The second-order valence-corrected chi connectivity index (χ2v) is 8.97. The molecule has 0 fully saturated rings. The van der Waals surface area contributed by atoms with Gasteiger partial charge in [-0.25, -0.2) is 0 Å². The molecule has 2 heterocycles. The van der Waals surface area contributed by atoms with Crippen molar-refractivity contribution in [1.82, 2.24) is 20.0 Å². The molecule has 0 radical (unpaired) electrons. The summed E-state index contributed by atoms with van der Waals surface area (Å²) in [5.41, 5.74) is 1.22. The zero-order valence-electron chi connectivity index (χ0n) is 21.6. The fraction of sp³-hybridized carbons (Fsp3) is 0.308. The number of aryl methyl sites for hydroxylation is 1. The number of nitrogens with zero attached hydrogens (tertiary/aromatic N) is 6. The number of hydrogen-bond acceptors (Lipinski definition) is 8. The van der Waals surface area contributed by atoms with Crippen molar-refractivity contribution < 1.29 is 23.9 Å². The molecule has 11 heteroatoms. The number of imide groups is 1. The number of ether oxygens (including phenoxy) is 1. The fourth-order valence-corrected chi connectivity index (χ4v) is 4.39. The monoisotopic (exact) mass is 504 g/mol. The maximum atomic E-state index is 13.7. The molecule has 0 bridgehead atoms. The summed E-state index contributed by atoms with van der Waals surface area (Å²) >= 11 is 0. The normalized spacial score (nSPS) is 18.8. The van der Waals surface area contributed by atoms with Crippen molar-refractivity contribution in [3.8, 4) is 5.75 Å². The van der Waals surface area contributed by atoms with Crippen LogP contribution in [0.5, 0.6) is 5.75 Å². The molecule has 1 unspecified atom stereocenters. The molecule has 2 aromatic rings. The van der Waals surface area contributed by atoms with E-state index in [1.807, 2.05) is 31.2 Å². The van der Waals surface area contributed by atoms with Crippen LogP contribution in [0.1, 0.15) is 44.4 Å². The predicted molar refractivity (Wildman–Crippen MR) is 135 cm³/mol. The van der Waals surface area contributed by atoms with Crippen LogP contribution in [-0.2, 0) is 31.3 Å². The first-order valence-corrected chi connectivity index (χ1v) is 11.6. The van der Waals surface area contributed by atoms with Crippen LogP contribution in [0.4, 0.5) is 0 Å². The van der Waals surface area contributed by atoms with Gasteiger partial charge in [0.25, 0.3) is 11.9 Å². The van der Waals surface area contributed by atoms with Gasteiger partial charge in [0.05, 0.1) is 7.11 Å². The topological polar surface area (TPSA) is 115 Å². The molecule has 0 saturated heterocycles. The van der Waals surface area contributed by atoms with Gasteiger partial charge < -0.3 is 4.74 Å². The minimum absolute atomic E-state index is 0.0559. The molecule has 2 aliphatic rings. The third-order valence-corrected chi connectivity index (χ3v) is 6.28. The van der Waals surface area contributed by atoms with E-state index >= 15 is 0 Å². The van der Waals surface area contributed by atoms with Gasteiger partial charge in [-0.1, -0.05) is 42.0 Å². The summed E-state index contributed by atoms with van der Waals surface area (Å²) < 4.78 is 5.21. The van der Waals surface area contributed by atoms with Crippen LogP contribution in [0, 0.1) is 6.92 Å². The number of carbonyl (C=O) groups is 4. The molecule has 37 heavy (non-hydrogen) atoms. The van der Waals surface area contributed by atoms with Crippen molar-refractivity contribution in [2.75, 3.05) is 7.11 Å². The number of carbonyl (C=O) groups excluding carboxylic acids is 4. The molecule has 0 spiro atoms. The summed E-state index contributed by atoms with van der Waals surface area (Å²) in [6.45, 7) is 7.37. The summed E-state index contributed by atoms with van der Waals surface area (Å²) in [5.74, 6) is -1.97. The van der Waals surface area contributed by atoms with E-state index in [0.717, 1.165) is 16.1 Å². The van der Waals surface area contributed by atoms with Gasteiger partial charge in [-0.3, -0.25) is 19.2 Å². The molecule has 0 saturated carbocycles. The Morgan fingerprint density at radius 2 is 1.54 bits per heavy atom. The lowest BCUT2D eigenvalue weighted by atomic mass is 9.98. The van der Waals surface area contributed by atoms with Gasteiger partial charge in [0.2, 0.25) is 17.7 Å². The maximum absolute atomic E-state index is 13.7. The highest BCUT2D eigenvalue weighted by atomic mass is 16.5. The molecule has 4 amide bonds. The SMILES string of the molecule is COc1ccc(CC2=NN3C(=NN(C(C)=O)C3(C)c3ccc(C)cc3)N(N(C(C)=O)C(C)=O)C2=O)cc1. The van der Waals surface area contributed by atoms with Gasteiger partial charge in [-0.15, -0.1) is 5.10 Å². The Morgan fingerprint density at radius 1 is 0.946 bits per heavy atom. The Morgan fingerprint density at radius 3 is 2.05 bits per heavy atom. The van der Waals surface area contributed by atoms with Gasteiger partial charge in [0, 0.05) is 32.8 Å². The Labute approximate surface area is 214 Å². The van der Waals surface area contributed by atoms with Gasteiger partial charge >= 0.3 is 0 Å². The molecule has 2 aliphatic heterocycles. The van der Waals surface area contributed by atoms with Crippen molar-refractivity contribution in [2.45, 2.75) is 46.7 Å². The van der Waals surface area contributed by atoms with E-state index in [2.05, 4.69) is 10.2 Å². The van der Waals surface area contributed by atoms with Crippen LogP contribution in [0.15, 0.2) is 58.7 Å². The number of amides is 4. The minimum Gasteiger partial charge on any atom is -0.497 e. The summed E-state index contributed by atoms with van der Waals surface area (Å²) in [6, 6.07) is 14.6. The van der Waals surface area contributed by atoms with Gasteiger partial charge in [-0.05, 0) is 31.5 Å². The van der Waals surface area contributed by atoms with Crippen LogP contribution in [-0.4, -0.2) is 62.4 Å². The first-order chi connectivity index (χ1) is 17.5. The van der Waals surface area contributed by atoms with Crippen LogP contribution < -0.4 is 4.74 Å².